The molecule has 2 N–H and O–H groups in total. The van der Waals surface area contributed by atoms with Crippen molar-refractivity contribution in [1.29, 1.82) is 0 Å². The summed E-state index contributed by atoms with van der Waals surface area (Å²) in [5.74, 6) is 2.25. The molecule has 0 heterocycles. The summed E-state index contributed by atoms with van der Waals surface area (Å²) >= 11 is 0. The van der Waals surface area contributed by atoms with Gasteiger partial charge in [0, 0.05) is 24.2 Å². The predicted molar refractivity (Wildman–Crippen MR) is 131 cm³/mol. The van der Waals surface area contributed by atoms with Crippen LogP contribution in [0, 0.1) is 6.92 Å². The Morgan fingerprint density at radius 1 is 0.938 bits per heavy atom. The first-order chi connectivity index (χ1) is 14.9. The zero-order valence-electron chi connectivity index (χ0n) is 18.8. The number of nitrogens with one attached hydrogen (secondary N) is 2. The first-order valence-electron chi connectivity index (χ1n) is 9.77. The highest BCUT2D eigenvalue weighted by molar-refractivity contribution is 14.0. The Balaban J connectivity index is 0.00000512. The number of benzene rings is 2. The number of methoxy groups -OCH3 is 3. The Bertz CT molecular complexity index is 898. The Kier molecular flexibility index (Phi) is 11.9. The summed E-state index contributed by atoms with van der Waals surface area (Å²) in [4.78, 5) is 4.51. The third-order valence-electron chi connectivity index (χ3n) is 4.42. The normalized spacial score (nSPS) is 10.9. The third-order valence-corrected chi connectivity index (χ3v) is 4.42. The molecule has 2 aromatic rings. The molecule has 0 unspecified atom stereocenters. The maximum atomic E-state index is 12.7. The zero-order chi connectivity index (χ0) is 22.8. The van der Waals surface area contributed by atoms with Crippen LogP contribution < -0.4 is 29.6 Å². The average Bonchev–Trinajstić information content (AvgIpc) is 2.76. The molecule has 0 fully saturated rings. The van der Waals surface area contributed by atoms with Crippen molar-refractivity contribution < 1.29 is 27.7 Å². The van der Waals surface area contributed by atoms with Gasteiger partial charge in [-0.1, -0.05) is 17.7 Å². The van der Waals surface area contributed by atoms with Crippen LogP contribution in [0.25, 0.3) is 0 Å². The molecule has 0 bridgehead atoms. The van der Waals surface area contributed by atoms with Gasteiger partial charge < -0.3 is 29.6 Å². The number of hydrogen-bond donors (Lipinski definition) is 2. The van der Waals surface area contributed by atoms with E-state index < -0.39 is 6.61 Å². The topological polar surface area (TPSA) is 73.3 Å². The lowest BCUT2D eigenvalue weighted by Crippen LogP contribution is -2.36. The van der Waals surface area contributed by atoms with Crippen LogP contribution in [0.3, 0.4) is 0 Å². The Morgan fingerprint density at radius 3 is 2.22 bits per heavy atom. The largest absolute Gasteiger partial charge is 0.493 e. The Morgan fingerprint density at radius 2 is 1.62 bits per heavy atom. The standard InChI is InChI=1S/C22H29F2N3O4.HI/c1-6-25-22(27-13-16-11-14(2)7-9-17(16)31-21(23)24)26-12-15-8-10-18(28-3)20(30-5)19(15)29-4;/h7-11,21H,6,12-13H2,1-5H3,(H2,25,26,27);1H. The van der Waals surface area contributed by atoms with E-state index in [1.165, 1.54) is 6.07 Å². The molecule has 0 saturated heterocycles. The number of hydrogen-bond acceptors (Lipinski definition) is 5. The van der Waals surface area contributed by atoms with Crippen molar-refractivity contribution in [1.82, 2.24) is 10.6 Å². The molecule has 10 heteroatoms. The van der Waals surface area contributed by atoms with Crippen LogP contribution in [0.4, 0.5) is 8.78 Å². The predicted octanol–water partition coefficient (Wildman–Crippen LogP) is 4.50. The zero-order valence-corrected chi connectivity index (χ0v) is 21.2. The maximum absolute atomic E-state index is 12.7. The second-order valence-electron chi connectivity index (χ2n) is 6.53. The molecule has 0 aliphatic carbocycles. The minimum Gasteiger partial charge on any atom is -0.493 e. The van der Waals surface area contributed by atoms with E-state index in [1.807, 2.05) is 19.9 Å². The quantitative estimate of drug-likeness (QED) is 0.251. The van der Waals surface area contributed by atoms with E-state index in [-0.39, 0.29) is 36.3 Å². The van der Waals surface area contributed by atoms with Gasteiger partial charge in [0.15, 0.2) is 17.5 Å². The van der Waals surface area contributed by atoms with Crippen molar-refractivity contribution in [2.45, 2.75) is 33.5 Å². The average molecular weight is 565 g/mol. The van der Waals surface area contributed by atoms with Gasteiger partial charge in [0.05, 0.1) is 27.9 Å². The Hall–Kier alpha value is -2.50. The second kappa shape index (κ2) is 13.8. The monoisotopic (exact) mass is 565 g/mol. The fraction of sp³-hybridized carbons (Fsp3) is 0.409. The van der Waals surface area contributed by atoms with E-state index in [0.717, 1.165) is 11.1 Å². The SMILES string of the molecule is CCNC(=NCc1cc(C)ccc1OC(F)F)NCc1ccc(OC)c(OC)c1OC.I. The van der Waals surface area contributed by atoms with Crippen LogP contribution in [-0.2, 0) is 13.1 Å². The molecular weight excluding hydrogens is 535 g/mol. The summed E-state index contributed by atoms with van der Waals surface area (Å²) in [7, 11) is 4.66. The van der Waals surface area contributed by atoms with Gasteiger partial charge in [-0.25, -0.2) is 4.99 Å². The number of halogens is 3. The van der Waals surface area contributed by atoms with Gasteiger partial charge in [0.25, 0.3) is 0 Å². The first kappa shape index (κ1) is 27.5. The minimum atomic E-state index is -2.89. The number of aliphatic imine (C=N–C) groups is 1. The van der Waals surface area contributed by atoms with Crippen LogP contribution in [-0.4, -0.2) is 40.4 Å². The van der Waals surface area contributed by atoms with Crippen molar-refractivity contribution >= 4 is 29.9 Å². The van der Waals surface area contributed by atoms with Gasteiger partial charge in [-0.2, -0.15) is 8.78 Å². The van der Waals surface area contributed by atoms with Crippen LogP contribution >= 0.6 is 24.0 Å². The molecule has 32 heavy (non-hydrogen) atoms. The lowest BCUT2D eigenvalue weighted by molar-refractivity contribution is -0.0504. The molecule has 0 aliphatic rings. The van der Waals surface area contributed by atoms with E-state index in [1.54, 1.807) is 39.5 Å². The molecule has 2 rings (SSSR count). The highest BCUT2D eigenvalue weighted by atomic mass is 127. The van der Waals surface area contributed by atoms with Crippen molar-refractivity contribution in [3.05, 3.63) is 47.0 Å². The fourth-order valence-corrected chi connectivity index (χ4v) is 3.03. The fourth-order valence-electron chi connectivity index (χ4n) is 3.03. The molecule has 0 radical (unpaired) electrons. The lowest BCUT2D eigenvalue weighted by Gasteiger charge is -2.17. The van der Waals surface area contributed by atoms with Crippen molar-refractivity contribution in [3.63, 3.8) is 0 Å². The summed E-state index contributed by atoms with van der Waals surface area (Å²) in [5.41, 5.74) is 2.34. The highest BCUT2D eigenvalue weighted by Crippen LogP contribution is 2.39. The molecule has 0 saturated carbocycles. The smallest absolute Gasteiger partial charge is 0.387 e. The van der Waals surface area contributed by atoms with Crippen LogP contribution in [0.5, 0.6) is 23.0 Å². The van der Waals surface area contributed by atoms with Gasteiger partial charge in [0.2, 0.25) is 5.75 Å². The van der Waals surface area contributed by atoms with Gasteiger partial charge in [-0.15, -0.1) is 24.0 Å². The van der Waals surface area contributed by atoms with Crippen LogP contribution in [0.1, 0.15) is 23.6 Å². The van der Waals surface area contributed by atoms with E-state index in [2.05, 4.69) is 20.4 Å². The number of guanidine groups is 1. The minimum absolute atomic E-state index is 0. The van der Waals surface area contributed by atoms with Gasteiger partial charge in [-0.05, 0) is 32.0 Å². The molecule has 0 aliphatic heterocycles. The molecule has 0 amide bonds. The maximum Gasteiger partial charge on any atom is 0.387 e. The van der Waals surface area contributed by atoms with E-state index in [9.17, 15) is 8.78 Å². The van der Waals surface area contributed by atoms with E-state index >= 15 is 0 Å². The van der Waals surface area contributed by atoms with Gasteiger partial charge in [-0.3, -0.25) is 0 Å². The number of aryl methyl sites for hydroxylation is 1. The molecule has 178 valence electrons. The van der Waals surface area contributed by atoms with Crippen molar-refractivity contribution in [2.75, 3.05) is 27.9 Å². The summed E-state index contributed by atoms with van der Waals surface area (Å²) in [6, 6.07) is 8.69. The number of ether oxygens (including phenoxy) is 4. The van der Waals surface area contributed by atoms with Crippen LogP contribution in [0.15, 0.2) is 35.3 Å². The van der Waals surface area contributed by atoms with Crippen molar-refractivity contribution in [3.8, 4) is 23.0 Å². The lowest BCUT2D eigenvalue weighted by atomic mass is 10.1. The third kappa shape index (κ3) is 7.57. The second-order valence-corrected chi connectivity index (χ2v) is 6.53. The van der Waals surface area contributed by atoms with E-state index in [4.69, 9.17) is 14.2 Å². The molecule has 0 atom stereocenters. The molecule has 0 spiro atoms. The van der Waals surface area contributed by atoms with Crippen molar-refractivity contribution in [2.24, 2.45) is 4.99 Å². The van der Waals surface area contributed by atoms with Gasteiger partial charge >= 0.3 is 6.61 Å². The number of alkyl halides is 2. The first-order valence-corrected chi connectivity index (χ1v) is 9.77. The molecule has 7 nitrogen and oxygen atoms in total. The van der Waals surface area contributed by atoms with E-state index in [0.29, 0.717) is 41.9 Å². The molecule has 2 aromatic carbocycles. The molecular formula is C22H30F2IN3O4. The van der Waals surface area contributed by atoms with Gasteiger partial charge in [0.1, 0.15) is 5.75 Å². The number of nitrogens with zero attached hydrogens (tertiary/aromatic N) is 1. The Labute approximate surface area is 204 Å². The molecule has 0 aromatic heterocycles. The highest BCUT2D eigenvalue weighted by Gasteiger charge is 2.16. The summed E-state index contributed by atoms with van der Waals surface area (Å²) in [5, 5.41) is 6.36. The summed E-state index contributed by atoms with van der Waals surface area (Å²) in [6.45, 7) is 2.11. The van der Waals surface area contributed by atoms with Crippen LogP contribution in [0.2, 0.25) is 0 Å². The summed E-state index contributed by atoms with van der Waals surface area (Å²) in [6.07, 6.45) is 0. The summed E-state index contributed by atoms with van der Waals surface area (Å²) < 4.78 is 46.2. The number of rotatable bonds is 10.